The lowest BCUT2D eigenvalue weighted by Crippen LogP contribution is -2.46. The summed E-state index contributed by atoms with van der Waals surface area (Å²) in [5.74, 6) is 1.63. The van der Waals surface area contributed by atoms with E-state index >= 15 is 0 Å². The van der Waals surface area contributed by atoms with Crippen LogP contribution in [0.4, 0.5) is 6.01 Å². The second-order valence-corrected chi connectivity index (χ2v) is 9.79. The van der Waals surface area contributed by atoms with Gasteiger partial charge in [0.1, 0.15) is 5.75 Å². The predicted molar refractivity (Wildman–Crippen MR) is 124 cm³/mol. The van der Waals surface area contributed by atoms with Crippen molar-refractivity contribution in [2.75, 3.05) is 38.3 Å². The van der Waals surface area contributed by atoms with E-state index in [4.69, 9.17) is 14.0 Å². The fourth-order valence-corrected chi connectivity index (χ4v) is 5.53. The smallest absolute Gasteiger partial charge is 0.324 e. The van der Waals surface area contributed by atoms with Gasteiger partial charge < -0.3 is 24.2 Å². The highest BCUT2D eigenvalue weighted by atomic mass is 16.5. The van der Waals surface area contributed by atoms with E-state index in [-0.39, 0.29) is 11.8 Å². The maximum atomic E-state index is 12.9. The molecule has 1 spiro atoms. The number of carbonyl (C=O) groups excluding carboxylic acids is 1. The predicted octanol–water partition coefficient (Wildman–Crippen LogP) is 3.82. The molecule has 8 nitrogen and oxygen atoms in total. The fraction of sp³-hybridized carbons (Fsp3) is 0.640. The van der Waals surface area contributed by atoms with E-state index in [1.165, 1.54) is 25.7 Å². The summed E-state index contributed by atoms with van der Waals surface area (Å²) in [5.41, 5.74) is 1.36. The zero-order valence-electron chi connectivity index (χ0n) is 19.4. The van der Waals surface area contributed by atoms with Crippen molar-refractivity contribution in [2.45, 2.75) is 57.4 Å². The van der Waals surface area contributed by atoms with Crippen LogP contribution in [-0.4, -0.2) is 55.5 Å². The first kappa shape index (κ1) is 22.2. The molecule has 0 atom stereocenters. The monoisotopic (exact) mass is 454 g/mol. The summed E-state index contributed by atoms with van der Waals surface area (Å²) in [7, 11) is 1.64. The van der Waals surface area contributed by atoms with Gasteiger partial charge in [-0.2, -0.15) is 4.98 Å². The van der Waals surface area contributed by atoms with Gasteiger partial charge in [-0.05, 0) is 81.0 Å². The fourth-order valence-electron chi connectivity index (χ4n) is 5.53. The molecular formula is C25H34N4O4. The number of amides is 1. The number of rotatable bonds is 5. The van der Waals surface area contributed by atoms with Crippen LogP contribution in [0.1, 0.15) is 51.4 Å². The minimum absolute atomic E-state index is 0.0594. The van der Waals surface area contributed by atoms with E-state index in [2.05, 4.69) is 20.4 Å². The van der Waals surface area contributed by atoms with E-state index in [0.29, 0.717) is 23.3 Å². The molecule has 178 valence electrons. The van der Waals surface area contributed by atoms with E-state index in [0.717, 1.165) is 63.3 Å². The van der Waals surface area contributed by atoms with E-state index in [1.54, 1.807) is 7.11 Å². The first-order valence-electron chi connectivity index (χ1n) is 12.3. The Bertz CT molecular complexity index is 920. The third-order valence-electron chi connectivity index (χ3n) is 7.85. The maximum absolute atomic E-state index is 12.9. The van der Waals surface area contributed by atoms with Crippen molar-refractivity contribution in [2.24, 2.45) is 11.3 Å². The topological polar surface area (TPSA) is 89.7 Å². The van der Waals surface area contributed by atoms with Gasteiger partial charge in [-0.1, -0.05) is 5.16 Å². The summed E-state index contributed by atoms with van der Waals surface area (Å²) in [6.07, 6.45) is 8.60. The van der Waals surface area contributed by atoms with Crippen molar-refractivity contribution in [3.63, 3.8) is 0 Å². The number of aromatic nitrogens is 2. The Morgan fingerprint density at radius 1 is 1.06 bits per heavy atom. The molecule has 2 saturated heterocycles. The number of piperidine rings is 1. The van der Waals surface area contributed by atoms with Crippen molar-refractivity contribution < 1.29 is 18.8 Å². The molecule has 33 heavy (non-hydrogen) atoms. The van der Waals surface area contributed by atoms with E-state index in [1.807, 2.05) is 24.3 Å². The van der Waals surface area contributed by atoms with Gasteiger partial charge >= 0.3 is 6.01 Å². The maximum Gasteiger partial charge on any atom is 0.324 e. The van der Waals surface area contributed by atoms with Gasteiger partial charge in [0, 0.05) is 43.8 Å². The number of carbonyl (C=O) groups is 1. The molecule has 0 radical (unpaired) electrons. The Balaban J connectivity index is 1.09. The number of benzene rings is 1. The molecular weight excluding hydrogens is 420 g/mol. The van der Waals surface area contributed by atoms with Crippen molar-refractivity contribution >= 4 is 11.9 Å². The van der Waals surface area contributed by atoms with Crippen LogP contribution in [0.25, 0.3) is 11.4 Å². The standard InChI is InChI=1S/C25H34N4O4/c1-31-21-4-2-18(3-5-21)22-27-24(33-28-22)29-14-8-19(9-15-29)23(30)26-20-6-10-25(11-7-20)12-16-32-17-13-25/h2-5,19-20H,6-17H2,1H3,(H,26,30). The van der Waals surface area contributed by atoms with Gasteiger partial charge in [0.05, 0.1) is 7.11 Å². The molecule has 1 aliphatic carbocycles. The van der Waals surface area contributed by atoms with Crippen molar-refractivity contribution in [1.29, 1.82) is 0 Å². The highest BCUT2D eigenvalue weighted by molar-refractivity contribution is 5.79. The second-order valence-electron chi connectivity index (χ2n) is 9.79. The van der Waals surface area contributed by atoms with Crippen LogP contribution >= 0.6 is 0 Å². The molecule has 2 aromatic rings. The first-order valence-corrected chi connectivity index (χ1v) is 12.3. The molecule has 8 heteroatoms. The summed E-state index contributed by atoms with van der Waals surface area (Å²) in [6, 6.07) is 8.44. The molecule has 3 aliphatic rings. The number of hydrogen-bond acceptors (Lipinski definition) is 7. The Morgan fingerprint density at radius 2 is 1.76 bits per heavy atom. The van der Waals surface area contributed by atoms with Crippen LogP contribution in [-0.2, 0) is 9.53 Å². The summed E-state index contributed by atoms with van der Waals surface area (Å²) < 4.78 is 16.3. The second kappa shape index (κ2) is 9.71. The molecule has 5 rings (SSSR count). The lowest BCUT2D eigenvalue weighted by atomic mass is 9.68. The van der Waals surface area contributed by atoms with Crippen LogP contribution in [0.3, 0.4) is 0 Å². The van der Waals surface area contributed by atoms with Crippen LogP contribution in [0.5, 0.6) is 5.75 Å². The average Bonchev–Trinajstić information content (AvgIpc) is 3.37. The third kappa shape index (κ3) is 5.00. The zero-order chi connectivity index (χ0) is 22.7. The van der Waals surface area contributed by atoms with Gasteiger partial charge in [-0.15, -0.1) is 0 Å². The minimum atomic E-state index is 0.0594. The van der Waals surface area contributed by atoms with Gasteiger partial charge in [0.2, 0.25) is 11.7 Å². The highest BCUT2D eigenvalue weighted by Crippen LogP contribution is 2.44. The quantitative estimate of drug-likeness (QED) is 0.735. The van der Waals surface area contributed by atoms with Crippen LogP contribution in [0.15, 0.2) is 28.8 Å². The first-order chi connectivity index (χ1) is 16.1. The van der Waals surface area contributed by atoms with Gasteiger partial charge in [0.15, 0.2) is 0 Å². The number of nitrogens with one attached hydrogen (secondary N) is 1. The van der Waals surface area contributed by atoms with Gasteiger partial charge in [-0.3, -0.25) is 4.79 Å². The van der Waals surface area contributed by atoms with Gasteiger partial charge in [0.25, 0.3) is 0 Å². The molecule has 1 aromatic heterocycles. The summed E-state index contributed by atoms with van der Waals surface area (Å²) in [6.45, 7) is 3.29. The number of ether oxygens (including phenoxy) is 2. The normalized spacial score (nSPS) is 21.8. The van der Waals surface area contributed by atoms with Gasteiger partial charge in [-0.25, -0.2) is 0 Å². The molecule has 2 aliphatic heterocycles. The molecule has 1 N–H and O–H groups in total. The van der Waals surface area contributed by atoms with Crippen LogP contribution in [0.2, 0.25) is 0 Å². The average molecular weight is 455 g/mol. The highest BCUT2D eigenvalue weighted by Gasteiger charge is 2.37. The van der Waals surface area contributed by atoms with E-state index in [9.17, 15) is 4.79 Å². The number of anilines is 1. The summed E-state index contributed by atoms with van der Waals surface area (Å²) in [4.78, 5) is 19.6. The lowest BCUT2D eigenvalue weighted by molar-refractivity contribution is -0.127. The zero-order valence-corrected chi connectivity index (χ0v) is 19.4. The summed E-state index contributed by atoms with van der Waals surface area (Å²) >= 11 is 0. The van der Waals surface area contributed by atoms with E-state index < -0.39 is 0 Å². The molecule has 1 aromatic carbocycles. The molecule has 1 amide bonds. The number of methoxy groups -OCH3 is 1. The molecule has 3 heterocycles. The lowest BCUT2D eigenvalue weighted by Gasteiger charge is -2.43. The molecule has 0 unspecified atom stereocenters. The molecule has 0 bridgehead atoms. The largest absolute Gasteiger partial charge is 0.497 e. The van der Waals surface area contributed by atoms with Crippen molar-refractivity contribution in [3.05, 3.63) is 24.3 Å². The molecule has 3 fully saturated rings. The van der Waals surface area contributed by atoms with Crippen molar-refractivity contribution in [1.82, 2.24) is 15.5 Å². The Hall–Kier alpha value is -2.61. The minimum Gasteiger partial charge on any atom is -0.497 e. The Kier molecular flexibility index (Phi) is 6.53. The number of hydrogen-bond donors (Lipinski definition) is 1. The van der Waals surface area contributed by atoms with Crippen LogP contribution < -0.4 is 15.0 Å². The Morgan fingerprint density at radius 3 is 2.42 bits per heavy atom. The van der Waals surface area contributed by atoms with Crippen LogP contribution in [0, 0.1) is 11.3 Å². The Labute approximate surface area is 195 Å². The van der Waals surface area contributed by atoms with Crippen molar-refractivity contribution in [3.8, 4) is 17.1 Å². The third-order valence-corrected chi connectivity index (χ3v) is 7.85. The molecule has 1 saturated carbocycles. The SMILES string of the molecule is COc1ccc(-c2noc(N3CCC(C(=O)NC4CCC5(CCOCC5)CC4)CC3)n2)cc1. The summed E-state index contributed by atoms with van der Waals surface area (Å²) in [5, 5.41) is 7.48. The number of nitrogens with zero attached hydrogens (tertiary/aromatic N) is 3.